The standard InChI is InChI=1S/C16H21IN2O/c17-14-6-4-13(5-7-14)16(20)19-11-8-15(12-19)18-9-2-1-3-10-18/h4-7,15H,1-3,8-12H2. The number of piperidine rings is 1. The molecule has 0 aliphatic carbocycles. The highest BCUT2D eigenvalue weighted by atomic mass is 127. The third-order valence-corrected chi connectivity index (χ3v) is 5.17. The summed E-state index contributed by atoms with van der Waals surface area (Å²) in [6.45, 7) is 4.25. The summed E-state index contributed by atoms with van der Waals surface area (Å²) < 4.78 is 1.17. The molecule has 2 aliphatic heterocycles. The Morgan fingerprint density at radius 1 is 1.05 bits per heavy atom. The van der Waals surface area contributed by atoms with Crippen molar-refractivity contribution in [2.75, 3.05) is 26.2 Å². The van der Waals surface area contributed by atoms with Gasteiger partial charge in [-0.1, -0.05) is 6.42 Å². The topological polar surface area (TPSA) is 23.6 Å². The van der Waals surface area contributed by atoms with Gasteiger partial charge < -0.3 is 4.90 Å². The van der Waals surface area contributed by atoms with E-state index in [-0.39, 0.29) is 5.91 Å². The number of hydrogen-bond acceptors (Lipinski definition) is 2. The van der Waals surface area contributed by atoms with Crippen molar-refractivity contribution in [1.82, 2.24) is 9.80 Å². The molecule has 3 nitrogen and oxygen atoms in total. The molecule has 0 aromatic heterocycles. The van der Waals surface area contributed by atoms with Gasteiger partial charge in [0.15, 0.2) is 0 Å². The van der Waals surface area contributed by atoms with Gasteiger partial charge in [-0.2, -0.15) is 0 Å². The summed E-state index contributed by atoms with van der Waals surface area (Å²) in [5, 5.41) is 0. The summed E-state index contributed by atoms with van der Waals surface area (Å²) >= 11 is 2.27. The minimum Gasteiger partial charge on any atom is -0.337 e. The van der Waals surface area contributed by atoms with E-state index < -0.39 is 0 Å². The Bertz CT molecular complexity index is 468. The van der Waals surface area contributed by atoms with E-state index in [4.69, 9.17) is 0 Å². The monoisotopic (exact) mass is 384 g/mol. The molecule has 2 saturated heterocycles. The van der Waals surface area contributed by atoms with E-state index >= 15 is 0 Å². The third kappa shape index (κ3) is 3.17. The maximum Gasteiger partial charge on any atom is 0.253 e. The smallest absolute Gasteiger partial charge is 0.253 e. The first-order valence-corrected chi connectivity index (χ1v) is 8.61. The molecule has 3 rings (SSSR count). The zero-order valence-electron chi connectivity index (χ0n) is 11.7. The third-order valence-electron chi connectivity index (χ3n) is 4.45. The highest BCUT2D eigenvalue weighted by Gasteiger charge is 2.31. The van der Waals surface area contributed by atoms with E-state index in [9.17, 15) is 4.79 Å². The molecule has 0 spiro atoms. The van der Waals surface area contributed by atoms with Gasteiger partial charge in [-0.15, -0.1) is 0 Å². The molecule has 1 aromatic carbocycles. The van der Waals surface area contributed by atoms with Crippen LogP contribution in [0.5, 0.6) is 0 Å². The lowest BCUT2D eigenvalue weighted by Gasteiger charge is -2.32. The van der Waals surface area contributed by atoms with Gasteiger partial charge in [-0.05, 0) is 79.2 Å². The summed E-state index contributed by atoms with van der Waals surface area (Å²) in [5.41, 5.74) is 0.824. The molecule has 2 aliphatic rings. The van der Waals surface area contributed by atoms with Crippen molar-refractivity contribution < 1.29 is 4.79 Å². The average molecular weight is 384 g/mol. The van der Waals surface area contributed by atoms with Crippen LogP contribution >= 0.6 is 22.6 Å². The van der Waals surface area contributed by atoms with E-state index in [1.54, 1.807) is 0 Å². The SMILES string of the molecule is O=C(c1ccc(I)cc1)N1CCC(N2CCCCC2)C1. The van der Waals surface area contributed by atoms with Crippen LogP contribution in [0.4, 0.5) is 0 Å². The minimum absolute atomic E-state index is 0.195. The molecule has 4 heteroatoms. The van der Waals surface area contributed by atoms with Gasteiger partial charge in [-0.25, -0.2) is 0 Å². The van der Waals surface area contributed by atoms with Crippen LogP contribution < -0.4 is 0 Å². The Kier molecular flexibility index (Phi) is 4.61. The Labute approximate surface area is 134 Å². The molecular formula is C16H21IN2O. The second-order valence-electron chi connectivity index (χ2n) is 5.80. The summed E-state index contributed by atoms with van der Waals surface area (Å²) in [5.74, 6) is 0.195. The van der Waals surface area contributed by atoms with Crippen molar-refractivity contribution in [3.63, 3.8) is 0 Å². The van der Waals surface area contributed by atoms with Crippen molar-refractivity contribution >= 4 is 28.5 Å². The van der Waals surface area contributed by atoms with E-state index in [2.05, 4.69) is 27.5 Å². The van der Waals surface area contributed by atoms with Crippen molar-refractivity contribution in [2.45, 2.75) is 31.7 Å². The maximum absolute atomic E-state index is 12.5. The first-order chi connectivity index (χ1) is 9.74. The van der Waals surface area contributed by atoms with Crippen LogP contribution in [-0.4, -0.2) is 47.9 Å². The van der Waals surface area contributed by atoms with Gasteiger partial charge >= 0.3 is 0 Å². The first-order valence-electron chi connectivity index (χ1n) is 7.53. The summed E-state index contributed by atoms with van der Waals surface area (Å²) in [7, 11) is 0. The number of amides is 1. The predicted octanol–water partition coefficient (Wildman–Crippen LogP) is 2.99. The fourth-order valence-corrected chi connectivity index (χ4v) is 3.64. The van der Waals surface area contributed by atoms with Crippen LogP contribution in [0.3, 0.4) is 0 Å². The highest BCUT2D eigenvalue weighted by Crippen LogP contribution is 2.21. The van der Waals surface area contributed by atoms with Crippen molar-refractivity contribution in [1.29, 1.82) is 0 Å². The van der Waals surface area contributed by atoms with Crippen LogP contribution in [0.15, 0.2) is 24.3 Å². The number of carbonyl (C=O) groups is 1. The fraction of sp³-hybridized carbons (Fsp3) is 0.562. The zero-order chi connectivity index (χ0) is 13.9. The number of carbonyl (C=O) groups excluding carboxylic acids is 1. The van der Waals surface area contributed by atoms with Gasteiger partial charge in [0.05, 0.1) is 0 Å². The Morgan fingerprint density at radius 3 is 2.45 bits per heavy atom. The molecule has 1 atom stereocenters. The Morgan fingerprint density at radius 2 is 1.75 bits per heavy atom. The van der Waals surface area contributed by atoms with Crippen molar-refractivity contribution in [2.24, 2.45) is 0 Å². The van der Waals surface area contributed by atoms with Gasteiger partial charge in [0.1, 0.15) is 0 Å². The Hall–Kier alpha value is -0.620. The van der Waals surface area contributed by atoms with Gasteiger partial charge in [-0.3, -0.25) is 9.69 Å². The van der Waals surface area contributed by atoms with Crippen LogP contribution in [0.2, 0.25) is 0 Å². The molecule has 2 heterocycles. The lowest BCUT2D eigenvalue weighted by Crippen LogP contribution is -2.41. The molecular weight excluding hydrogens is 363 g/mol. The van der Waals surface area contributed by atoms with Gasteiger partial charge in [0.25, 0.3) is 5.91 Å². The number of hydrogen-bond donors (Lipinski definition) is 0. The number of rotatable bonds is 2. The second-order valence-corrected chi connectivity index (χ2v) is 7.04. The number of nitrogens with zero attached hydrogens (tertiary/aromatic N) is 2. The molecule has 0 bridgehead atoms. The average Bonchev–Trinajstić information content (AvgIpc) is 2.98. The van der Waals surface area contributed by atoms with Gasteiger partial charge in [0, 0.05) is 28.3 Å². The quantitative estimate of drug-likeness (QED) is 0.732. The summed E-state index contributed by atoms with van der Waals surface area (Å²) in [6, 6.07) is 8.48. The predicted molar refractivity (Wildman–Crippen MR) is 88.9 cm³/mol. The largest absolute Gasteiger partial charge is 0.337 e. The van der Waals surface area contributed by atoms with Crippen molar-refractivity contribution in [3.05, 3.63) is 33.4 Å². The van der Waals surface area contributed by atoms with Gasteiger partial charge in [0.2, 0.25) is 0 Å². The fourth-order valence-electron chi connectivity index (χ4n) is 3.28. The molecule has 0 radical (unpaired) electrons. The molecule has 20 heavy (non-hydrogen) atoms. The normalized spacial score (nSPS) is 24.1. The van der Waals surface area contributed by atoms with E-state index in [0.29, 0.717) is 6.04 Å². The minimum atomic E-state index is 0.195. The lowest BCUT2D eigenvalue weighted by atomic mass is 10.1. The van der Waals surface area contributed by atoms with E-state index in [0.717, 1.165) is 25.1 Å². The molecule has 0 saturated carbocycles. The zero-order valence-corrected chi connectivity index (χ0v) is 13.9. The molecule has 1 aromatic rings. The van der Waals surface area contributed by atoms with Crippen LogP contribution in [0, 0.1) is 3.57 Å². The molecule has 108 valence electrons. The summed E-state index contributed by atoms with van der Waals surface area (Å²) in [4.78, 5) is 17.1. The van der Waals surface area contributed by atoms with E-state index in [1.807, 2.05) is 29.2 Å². The molecule has 1 unspecified atom stereocenters. The second kappa shape index (κ2) is 6.43. The summed E-state index contributed by atoms with van der Waals surface area (Å²) in [6.07, 6.45) is 5.15. The van der Waals surface area contributed by atoms with Crippen molar-refractivity contribution in [3.8, 4) is 0 Å². The van der Waals surface area contributed by atoms with Crippen LogP contribution in [0.1, 0.15) is 36.0 Å². The van der Waals surface area contributed by atoms with Crippen LogP contribution in [0.25, 0.3) is 0 Å². The number of halogens is 1. The molecule has 0 N–H and O–H groups in total. The van der Waals surface area contributed by atoms with E-state index in [1.165, 1.54) is 35.9 Å². The number of likely N-dealkylation sites (tertiary alicyclic amines) is 2. The lowest BCUT2D eigenvalue weighted by molar-refractivity contribution is 0.0771. The maximum atomic E-state index is 12.5. The molecule has 1 amide bonds. The van der Waals surface area contributed by atoms with Crippen LogP contribution in [-0.2, 0) is 0 Å². The Balaban J connectivity index is 1.61. The first kappa shape index (κ1) is 14.3. The highest BCUT2D eigenvalue weighted by molar-refractivity contribution is 14.1. The molecule has 2 fully saturated rings. The number of benzene rings is 1.